The number of benzene rings is 1. The van der Waals surface area contributed by atoms with Crippen LogP contribution in [0.1, 0.15) is 18.1 Å². The zero-order valence-corrected chi connectivity index (χ0v) is 13.2. The van der Waals surface area contributed by atoms with Gasteiger partial charge in [0.25, 0.3) is 0 Å². The van der Waals surface area contributed by atoms with E-state index >= 15 is 0 Å². The van der Waals surface area contributed by atoms with Crippen LogP contribution in [0.15, 0.2) is 17.0 Å². The highest BCUT2D eigenvalue weighted by atomic mass is 35.5. The Morgan fingerprint density at radius 1 is 1.50 bits per heavy atom. The van der Waals surface area contributed by atoms with Gasteiger partial charge in [-0.15, -0.1) is 0 Å². The Morgan fingerprint density at radius 3 is 2.80 bits per heavy atom. The first-order valence-corrected chi connectivity index (χ1v) is 8.29. The summed E-state index contributed by atoms with van der Waals surface area (Å²) in [5.41, 5.74) is 7.06. The normalized spacial score (nSPS) is 21.1. The average Bonchev–Trinajstić information content (AvgIpc) is 2.40. The molecule has 5 nitrogen and oxygen atoms in total. The van der Waals surface area contributed by atoms with Gasteiger partial charge >= 0.3 is 0 Å². The van der Waals surface area contributed by atoms with Crippen molar-refractivity contribution in [1.82, 2.24) is 4.31 Å². The van der Waals surface area contributed by atoms with Crippen LogP contribution in [-0.2, 0) is 21.3 Å². The van der Waals surface area contributed by atoms with Gasteiger partial charge in [-0.25, -0.2) is 8.42 Å². The molecule has 0 radical (unpaired) electrons. The van der Waals surface area contributed by atoms with Gasteiger partial charge < -0.3 is 10.5 Å². The molecule has 1 unspecified atom stereocenters. The van der Waals surface area contributed by atoms with Crippen molar-refractivity contribution in [2.24, 2.45) is 5.73 Å². The van der Waals surface area contributed by atoms with E-state index in [1.165, 1.54) is 10.4 Å². The summed E-state index contributed by atoms with van der Waals surface area (Å²) in [6, 6.07) is 3.20. The largest absolute Gasteiger partial charge is 0.376 e. The third-order valence-corrected chi connectivity index (χ3v) is 5.68. The molecular weight excluding hydrogens is 300 g/mol. The standard InChI is InChI=1S/C13H19ClN2O3S/c1-9-8-16(3-4-19-9)20(17,18)13-6-12(14)5-11(7-15)10(13)2/h5-6,9H,3-4,7-8,15H2,1-2H3. The summed E-state index contributed by atoms with van der Waals surface area (Å²) in [6.45, 7) is 4.99. The molecule has 2 N–H and O–H groups in total. The van der Waals surface area contributed by atoms with Crippen molar-refractivity contribution in [2.75, 3.05) is 19.7 Å². The van der Waals surface area contributed by atoms with Crippen molar-refractivity contribution < 1.29 is 13.2 Å². The lowest BCUT2D eigenvalue weighted by atomic mass is 10.1. The Kier molecular flexibility index (Phi) is 4.71. The van der Waals surface area contributed by atoms with Crippen LogP contribution in [0.5, 0.6) is 0 Å². The number of rotatable bonds is 3. The molecule has 7 heteroatoms. The van der Waals surface area contributed by atoms with Gasteiger partial charge in [-0.1, -0.05) is 11.6 Å². The lowest BCUT2D eigenvalue weighted by molar-refractivity contribution is 0.0102. The van der Waals surface area contributed by atoms with Crippen molar-refractivity contribution in [1.29, 1.82) is 0 Å². The van der Waals surface area contributed by atoms with Crippen molar-refractivity contribution in [3.63, 3.8) is 0 Å². The molecule has 2 rings (SSSR count). The summed E-state index contributed by atoms with van der Waals surface area (Å²) < 4.78 is 32.3. The molecule has 1 aromatic rings. The van der Waals surface area contributed by atoms with Crippen molar-refractivity contribution in [2.45, 2.75) is 31.4 Å². The summed E-state index contributed by atoms with van der Waals surface area (Å²) in [5.74, 6) is 0. The van der Waals surface area contributed by atoms with Gasteiger partial charge in [-0.3, -0.25) is 0 Å². The van der Waals surface area contributed by atoms with Gasteiger partial charge in [-0.2, -0.15) is 4.31 Å². The number of hydrogen-bond donors (Lipinski definition) is 1. The number of nitrogens with two attached hydrogens (primary N) is 1. The van der Waals surface area contributed by atoms with Gasteiger partial charge in [-0.05, 0) is 37.1 Å². The molecule has 0 amide bonds. The fourth-order valence-corrected chi connectivity index (χ4v) is 4.43. The zero-order valence-electron chi connectivity index (χ0n) is 11.6. The monoisotopic (exact) mass is 318 g/mol. The first-order valence-electron chi connectivity index (χ1n) is 6.47. The predicted molar refractivity (Wildman–Crippen MR) is 78.3 cm³/mol. The third-order valence-electron chi connectivity index (χ3n) is 3.47. The van der Waals surface area contributed by atoms with Crippen LogP contribution in [0.25, 0.3) is 0 Å². The summed E-state index contributed by atoms with van der Waals surface area (Å²) in [4.78, 5) is 0.236. The topological polar surface area (TPSA) is 72.6 Å². The van der Waals surface area contributed by atoms with E-state index in [4.69, 9.17) is 22.1 Å². The van der Waals surface area contributed by atoms with Crippen LogP contribution >= 0.6 is 11.6 Å². The average molecular weight is 319 g/mol. The molecule has 112 valence electrons. The Bertz CT molecular complexity index is 604. The molecule has 0 spiro atoms. The van der Waals surface area contributed by atoms with E-state index in [0.717, 1.165) is 5.56 Å². The summed E-state index contributed by atoms with van der Waals surface area (Å²) >= 11 is 6.01. The SMILES string of the molecule is Cc1c(CN)cc(Cl)cc1S(=O)(=O)N1CCOC(C)C1. The van der Waals surface area contributed by atoms with Crippen LogP contribution in [0.2, 0.25) is 5.02 Å². The second kappa shape index (κ2) is 5.99. The fraction of sp³-hybridized carbons (Fsp3) is 0.538. The lowest BCUT2D eigenvalue weighted by Gasteiger charge is -2.31. The second-order valence-corrected chi connectivity index (χ2v) is 7.28. The minimum absolute atomic E-state index is 0.105. The predicted octanol–water partition coefficient (Wildman–Crippen LogP) is 1.52. The van der Waals surface area contributed by atoms with Gasteiger partial charge in [0.1, 0.15) is 0 Å². The molecule has 0 aliphatic carbocycles. The van der Waals surface area contributed by atoms with E-state index in [0.29, 0.717) is 30.3 Å². The second-order valence-electron chi connectivity index (χ2n) is 4.94. The highest BCUT2D eigenvalue weighted by molar-refractivity contribution is 7.89. The number of ether oxygens (including phenoxy) is 1. The molecular formula is C13H19ClN2O3S. The molecule has 0 aromatic heterocycles. The van der Waals surface area contributed by atoms with E-state index in [1.807, 2.05) is 6.92 Å². The minimum atomic E-state index is -3.57. The third kappa shape index (κ3) is 2.99. The maximum Gasteiger partial charge on any atom is 0.243 e. The van der Waals surface area contributed by atoms with Gasteiger partial charge in [0.15, 0.2) is 0 Å². The molecule has 1 saturated heterocycles. The minimum Gasteiger partial charge on any atom is -0.376 e. The van der Waals surface area contributed by atoms with Crippen LogP contribution in [0, 0.1) is 6.92 Å². The summed E-state index contributed by atoms with van der Waals surface area (Å²) in [5, 5.41) is 0.385. The van der Waals surface area contributed by atoms with E-state index in [9.17, 15) is 8.42 Å². The quantitative estimate of drug-likeness (QED) is 0.917. The maximum atomic E-state index is 12.7. The van der Waals surface area contributed by atoms with Gasteiger partial charge in [0.2, 0.25) is 10.0 Å². The number of morpholine rings is 1. The molecule has 1 fully saturated rings. The Labute approximate surface area is 124 Å². The Morgan fingerprint density at radius 2 is 2.20 bits per heavy atom. The Balaban J connectivity index is 2.46. The number of halogens is 1. The van der Waals surface area contributed by atoms with Gasteiger partial charge in [0, 0.05) is 24.7 Å². The number of sulfonamides is 1. The molecule has 1 atom stereocenters. The van der Waals surface area contributed by atoms with E-state index in [-0.39, 0.29) is 17.5 Å². The summed E-state index contributed by atoms with van der Waals surface area (Å²) in [6.07, 6.45) is -0.105. The van der Waals surface area contributed by atoms with Crippen LogP contribution < -0.4 is 5.73 Å². The highest BCUT2D eigenvalue weighted by Gasteiger charge is 2.31. The molecule has 1 aliphatic rings. The molecule has 20 heavy (non-hydrogen) atoms. The highest BCUT2D eigenvalue weighted by Crippen LogP contribution is 2.27. The smallest absolute Gasteiger partial charge is 0.243 e. The van der Waals surface area contributed by atoms with Crippen molar-refractivity contribution in [3.8, 4) is 0 Å². The van der Waals surface area contributed by atoms with Crippen molar-refractivity contribution >= 4 is 21.6 Å². The number of nitrogens with zero attached hydrogens (tertiary/aromatic N) is 1. The van der Waals surface area contributed by atoms with Gasteiger partial charge in [0.05, 0.1) is 17.6 Å². The molecule has 1 aromatic carbocycles. The number of hydrogen-bond acceptors (Lipinski definition) is 4. The Hall–Kier alpha value is -0.660. The zero-order chi connectivity index (χ0) is 14.9. The fourth-order valence-electron chi connectivity index (χ4n) is 2.33. The first kappa shape index (κ1) is 15.7. The molecule has 1 heterocycles. The van der Waals surface area contributed by atoms with E-state index < -0.39 is 10.0 Å². The molecule has 0 bridgehead atoms. The lowest BCUT2D eigenvalue weighted by Crippen LogP contribution is -2.44. The first-order chi connectivity index (χ1) is 9.36. The molecule has 1 aliphatic heterocycles. The summed E-state index contributed by atoms with van der Waals surface area (Å²) in [7, 11) is -3.57. The van der Waals surface area contributed by atoms with Crippen LogP contribution in [-0.4, -0.2) is 38.5 Å². The molecule has 0 saturated carbocycles. The van der Waals surface area contributed by atoms with Crippen LogP contribution in [0.4, 0.5) is 0 Å². The van der Waals surface area contributed by atoms with Crippen LogP contribution in [0.3, 0.4) is 0 Å². The van der Waals surface area contributed by atoms with E-state index in [2.05, 4.69) is 0 Å². The van der Waals surface area contributed by atoms with Crippen molar-refractivity contribution in [3.05, 3.63) is 28.3 Å². The van der Waals surface area contributed by atoms with E-state index in [1.54, 1.807) is 13.0 Å². The maximum absolute atomic E-state index is 12.7.